The summed E-state index contributed by atoms with van der Waals surface area (Å²) in [4.78, 5) is 20.7. The summed E-state index contributed by atoms with van der Waals surface area (Å²) in [6.45, 7) is 7.66. The molecule has 0 fully saturated rings. The molecule has 0 saturated carbocycles. The molecule has 0 aliphatic rings. The van der Waals surface area contributed by atoms with Gasteiger partial charge in [0.15, 0.2) is 5.82 Å². The minimum absolute atomic E-state index is 0.0499. The Hall–Kier alpha value is -1.95. The molecule has 1 aromatic heterocycles. The normalized spacial score (nSPS) is 11.3. The Morgan fingerprint density at radius 3 is 2.65 bits per heavy atom. The van der Waals surface area contributed by atoms with Gasteiger partial charge in [-0.2, -0.15) is 0 Å². The number of thioether (sulfide) groups is 1. The van der Waals surface area contributed by atoms with Crippen molar-refractivity contribution in [2.75, 3.05) is 5.75 Å². The van der Waals surface area contributed by atoms with Crippen LogP contribution in [-0.4, -0.2) is 27.2 Å². The molecule has 0 saturated heterocycles. The Kier molecular flexibility index (Phi) is 5.36. The minimum Gasteiger partial charge on any atom is -0.351 e. The number of nitrogens with one attached hydrogen (secondary N) is 1. The van der Waals surface area contributed by atoms with E-state index in [2.05, 4.69) is 15.3 Å². The van der Waals surface area contributed by atoms with Gasteiger partial charge in [0, 0.05) is 16.8 Å². The molecule has 0 aliphatic heterocycles. The minimum atomic E-state index is -0.327. The van der Waals surface area contributed by atoms with Gasteiger partial charge in [-0.15, -0.1) is 0 Å². The van der Waals surface area contributed by atoms with Crippen LogP contribution in [0.2, 0.25) is 0 Å². The number of hydrogen-bond donors (Lipinski definition) is 1. The molecule has 0 bridgehead atoms. The first-order chi connectivity index (χ1) is 10.7. The van der Waals surface area contributed by atoms with E-state index in [4.69, 9.17) is 0 Å². The molecule has 4 nitrogen and oxygen atoms in total. The van der Waals surface area contributed by atoms with Gasteiger partial charge in [0.2, 0.25) is 5.91 Å². The number of carbonyl (C=O) groups excluding carboxylic acids is 1. The fourth-order valence-electron chi connectivity index (χ4n) is 1.96. The fourth-order valence-corrected chi connectivity index (χ4v) is 2.72. The standard InChI is InChI=1S/C17H20FN3OS/c1-11-8-15(23-10-14(22)21-17(2,3)4)20-16(19-11)12-6-5-7-13(18)9-12/h5-9H,10H2,1-4H3,(H,21,22). The molecule has 2 rings (SSSR count). The molecular weight excluding hydrogens is 313 g/mol. The van der Waals surface area contributed by atoms with Crippen molar-refractivity contribution in [3.8, 4) is 11.4 Å². The first-order valence-corrected chi connectivity index (χ1v) is 8.27. The molecule has 1 aromatic carbocycles. The summed E-state index contributed by atoms with van der Waals surface area (Å²) in [6.07, 6.45) is 0. The Bertz CT molecular complexity index is 713. The zero-order valence-electron chi connectivity index (χ0n) is 13.7. The SMILES string of the molecule is Cc1cc(SCC(=O)NC(C)(C)C)nc(-c2cccc(F)c2)n1. The average Bonchev–Trinajstić information content (AvgIpc) is 2.43. The molecule has 6 heteroatoms. The number of aromatic nitrogens is 2. The molecule has 1 N–H and O–H groups in total. The summed E-state index contributed by atoms with van der Waals surface area (Å²) in [5.41, 5.74) is 1.14. The van der Waals surface area contributed by atoms with E-state index in [1.807, 2.05) is 33.8 Å². The number of hydrogen-bond acceptors (Lipinski definition) is 4. The Morgan fingerprint density at radius 1 is 1.26 bits per heavy atom. The van der Waals surface area contributed by atoms with Gasteiger partial charge in [-0.3, -0.25) is 4.79 Å². The number of rotatable bonds is 4. The van der Waals surface area contributed by atoms with Crippen LogP contribution in [0.5, 0.6) is 0 Å². The smallest absolute Gasteiger partial charge is 0.230 e. The first kappa shape index (κ1) is 17.4. The number of carbonyl (C=O) groups is 1. The van der Waals surface area contributed by atoms with E-state index in [0.29, 0.717) is 16.4 Å². The van der Waals surface area contributed by atoms with Crippen molar-refractivity contribution in [1.82, 2.24) is 15.3 Å². The summed E-state index contributed by atoms with van der Waals surface area (Å²) in [7, 11) is 0. The lowest BCUT2D eigenvalue weighted by Gasteiger charge is -2.20. The Labute approximate surface area is 139 Å². The van der Waals surface area contributed by atoms with Gasteiger partial charge in [-0.25, -0.2) is 14.4 Å². The second kappa shape index (κ2) is 7.08. The molecule has 0 atom stereocenters. The third-order valence-electron chi connectivity index (χ3n) is 2.78. The quantitative estimate of drug-likeness (QED) is 0.686. The Balaban J connectivity index is 2.13. The third-order valence-corrected chi connectivity index (χ3v) is 3.69. The van der Waals surface area contributed by atoms with Gasteiger partial charge in [-0.1, -0.05) is 23.9 Å². The van der Waals surface area contributed by atoms with Crippen LogP contribution in [0.3, 0.4) is 0 Å². The van der Waals surface area contributed by atoms with Crippen LogP contribution >= 0.6 is 11.8 Å². The van der Waals surface area contributed by atoms with Crippen LogP contribution in [0, 0.1) is 12.7 Å². The number of halogens is 1. The van der Waals surface area contributed by atoms with Crippen molar-refractivity contribution in [2.24, 2.45) is 0 Å². The highest BCUT2D eigenvalue weighted by molar-refractivity contribution is 7.99. The van der Waals surface area contributed by atoms with Crippen LogP contribution in [0.25, 0.3) is 11.4 Å². The number of benzene rings is 1. The molecule has 23 heavy (non-hydrogen) atoms. The van der Waals surface area contributed by atoms with Crippen LogP contribution < -0.4 is 5.32 Å². The predicted molar refractivity (Wildman–Crippen MR) is 90.8 cm³/mol. The van der Waals surface area contributed by atoms with Crippen molar-refractivity contribution < 1.29 is 9.18 Å². The van der Waals surface area contributed by atoms with Crippen molar-refractivity contribution in [2.45, 2.75) is 38.3 Å². The zero-order valence-corrected chi connectivity index (χ0v) is 14.5. The lowest BCUT2D eigenvalue weighted by Crippen LogP contribution is -2.41. The van der Waals surface area contributed by atoms with Gasteiger partial charge < -0.3 is 5.32 Å². The number of amides is 1. The molecule has 0 spiro atoms. The van der Waals surface area contributed by atoms with E-state index < -0.39 is 0 Å². The molecule has 1 heterocycles. The second-order valence-electron chi connectivity index (χ2n) is 6.27. The maximum Gasteiger partial charge on any atom is 0.230 e. The lowest BCUT2D eigenvalue weighted by molar-refractivity contribution is -0.119. The fraction of sp³-hybridized carbons (Fsp3) is 0.353. The van der Waals surface area contributed by atoms with E-state index >= 15 is 0 Å². The van der Waals surface area contributed by atoms with Crippen molar-refractivity contribution in [1.29, 1.82) is 0 Å². The highest BCUT2D eigenvalue weighted by Gasteiger charge is 2.14. The average molecular weight is 333 g/mol. The molecular formula is C17H20FN3OS. The van der Waals surface area contributed by atoms with Gasteiger partial charge >= 0.3 is 0 Å². The molecule has 0 aliphatic carbocycles. The van der Waals surface area contributed by atoms with Crippen LogP contribution in [-0.2, 0) is 4.79 Å². The zero-order chi connectivity index (χ0) is 17.0. The third kappa shape index (κ3) is 5.63. The molecule has 122 valence electrons. The second-order valence-corrected chi connectivity index (χ2v) is 7.26. The topological polar surface area (TPSA) is 54.9 Å². The highest BCUT2D eigenvalue weighted by Crippen LogP contribution is 2.22. The first-order valence-electron chi connectivity index (χ1n) is 7.28. The van der Waals surface area contributed by atoms with E-state index in [1.165, 1.54) is 23.9 Å². The van der Waals surface area contributed by atoms with E-state index in [9.17, 15) is 9.18 Å². The number of aryl methyl sites for hydroxylation is 1. The van der Waals surface area contributed by atoms with Gasteiger partial charge in [0.05, 0.1) is 5.75 Å². The van der Waals surface area contributed by atoms with Crippen LogP contribution in [0.15, 0.2) is 35.4 Å². The van der Waals surface area contributed by atoms with Crippen molar-refractivity contribution in [3.05, 3.63) is 41.8 Å². The largest absolute Gasteiger partial charge is 0.351 e. The maximum atomic E-state index is 13.4. The molecule has 0 unspecified atom stereocenters. The summed E-state index contributed by atoms with van der Waals surface area (Å²) < 4.78 is 13.4. The monoisotopic (exact) mass is 333 g/mol. The van der Waals surface area contributed by atoms with E-state index in [0.717, 1.165) is 5.69 Å². The summed E-state index contributed by atoms with van der Waals surface area (Å²) in [6, 6.07) is 7.98. The summed E-state index contributed by atoms with van der Waals surface area (Å²) in [5, 5.41) is 3.60. The van der Waals surface area contributed by atoms with Gasteiger partial charge in [-0.05, 0) is 45.9 Å². The summed E-state index contributed by atoms with van der Waals surface area (Å²) in [5.74, 6) is 0.358. The summed E-state index contributed by atoms with van der Waals surface area (Å²) >= 11 is 1.34. The molecule has 2 aromatic rings. The maximum absolute atomic E-state index is 13.4. The van der Waals surface area contributed by atoms with Crippen LogP contribution in [0.4, 0.5) is 4.39 Å². The van der Waals surface area contributed by atoms with Gasteiger partial charge in [0.25, 0.3) is 0 Å². The number of nitrogens with zero attached hydrogens (tertiary/aromatic N) is 2. The van der Waals surface area contributed by atoms with Gasteiger partial charge in [0.1, 0.15) is 10.8 Å². The highest BCUT2D eigenvalue weighted by atomic mass is 32.2. The predicted octanol–water partition coefficient (Wildman–Crippen LogP) is 3.60. The lowest BCUT2D eigenvalue weighted by atomic mass is 10.1. The van der Waals surface area contributed by atoms with Crippen molar-refractivity contribution in [3.63, 3.8) is 0 Å². The molecule has 0 radical (unpaired) electrons. The van der Waals surface area contributed by atoms with E-state index in [1.54, 1.807) is 12.1 Å². The van der Waals surface area contributed by atoms with E-state index in [-0.39, 0.29) is 23.0 Å². The molecule has 1 amide bonds. The van der Waals surface area contributed by atoms with Crippen molar-refractivity contribution >= 4 is 17.7 Å². The van der Waals surface area contributed by atoms with Crippen LogP contribution in [0.1, 0.15) is 26.5 Å². The Morgan fingerprint density at radius 2 is 2.00 bits per heavy atom.